The molecule has 0 saturated heterocycles. The SMILES string of the molecule is CCOC(=O)C(CC(Cc1ccc(-c2cc(Cl)ccc2F)cc1)NC(=O)OC(C)(C)C)CN(C)CCO. The quantitative estimate of drug-likeness (QED) is 0.368. The predicted molar refractivity (Wildman–Crippen MR) is 143 cm³/mol. The molecule has 0 heterocycles. The number of carbonyl (C=O) groups excluding carboxylic acids is 2. The van der Waals surface area contributed by atoms with Crippen LogP contribution in [0.4, 0.5) is 9.18 Å². The van der Waals surface area contributed by atoms with Crippen LogP contribution >= 0.6 is 11.6 Å². The first kappa shape index (κ1) is 30.5. The Hall–Kier alpha value is -2.68. The number of amides is 1. The molecule has 1 amide bonds. The van der Waals surface area contributed by atoms with E-state index in [0.29, 0.717) is 42.1 Å². The number of aliphatic hydroxyl groups is 1. The third-order valence-corrected chi connectivity index (χ3v) is 5.83. The van der Waals surface area contributed by atoms with Gasteiger partial charge in [0, 0.05) is 29.7 Å². The molecule has 204 valence electrons. The Kier molecular flexibility index (Phi) is 11.8. The van der Waals surface area contributed by atoms with E-state index in [9.17, 15) is 19.1 Å². The van der Waals surface area contributed by atoms with Gasteiger partial charge in [0.05, 0.1) is 19.1 Å². The Balaban J connectivity index is 2.27. The van der Waals surface area contributed by atoms with E-state index in [0.717, 1.165) is 5.56 Å². The summed E-state index contributed by atoms with van der Waals surface area (Å²) in [6, 6.07) is 11.3. The third kappa shape index (κ3) is 10.7. The number of nitrogens with zero attached hydrogens (tertiary/aromatic N) is 1. The fraction of sp³-hybridized carbons (Fsp3) is 0.500. The van der Waals surface area contributed by atoms with Crippen molar-refractivity contribution in [3.05, 3.63) is 58.9 Å². The lowest BCUT2D eigenvalue weighted by atomic mass is 9.93. The Morgan fingerprint density at radius 2 is 1.84 bits per heavy atom. The molecule has 0 aromatic heterocycles. The number of hydrogen-bond acceptors (Lipinski definition) is 6. The molecule has 0 spiro atoms. The number of likely N-dealkylation sites (N-methyl/N-ethyl adjacent to an activating group) is 1. The number of nitrogens with one attached hydrogen (secondary N) is 1. The highest BCUT2D eigenvalue weighted by molar-refractivity contribution is 6.30. The average Bonchev–Trinajstić information content (AvgIpc) is 2.80. The molecule has 0 bridgehead atoms. The molecule has 2 atom stereocenters. The molecule has 0 aliphatic heterocycles. The minimum Gasteiger partial charge on any atom is -0.466 e. The normalized spacial score (nSPS) is 13.2. The van der Waals surface area contributed by atoms with Crippen molar-refractivity contribution < 1.29 is 28.6 Å². The molecule has 0 fully saturated rings. The Morgan fingerprint density at radius 1 is 1.16 bits per heavy atom. The summed E-state index contributed by atoms with van der Waals surface area (Å²) in [4.78, 5) is 27.2. The van der Waals surface area contributed by atoms with Crippen molar-refractivity contribution in [2.75, 3.05) is 33.4 Å². The number of benzene rings is 2. The van der Waals surface area contributed by atoms with E-state index >= 15 is 0 Å². The molecule has 0 aliphatic rings. The van der Waals surface area contributed by atoms with Crippen LogP contribution in [-0.4, -0.2) is 67.1 Å². The van der Waals surface area contributed by atoms with E-state index in [-0.39, 0.29) is 25.0 Å². The van der Waals surface area contributed by atoms with Gasteiger partial charge in [0.1, 0.15) is 11.4 Å². The molecule has 0 saturated carbocycles. The highest BCUT2D eigenvalue weighted by Gasteiger charge is 2.28. The highest BCUT2D eigenvalue weighted by atomic mass is 35.5. The zero-order chi connectivity index (χ0) is 27.6. The summed E-state index contributed by atoms with van der Waals surface area (Å²) >= 11 is 6.04. The van der Waals surface area contributed by atoms with Gasteiger partial charge in [-0.15, -0.1) is 0 Å². The topological polar surface area (TPSA) is 88.1 Å². The lowest BCUT2D eigenvalue weighted by Crippen LogP contribution is -2.44. The number of esters is 1. The third-order valence-electron chi connectivity index (χ3n) is 5.60. The molecule has 2 aromatic carbocycles. The zero-order valence-corrected chi connectivity index (χ0v) is 23.0. The van der Waals surface area contributed by atoms with Crippen LogP contribution in [0.15, 0.2) is 42.5 Å². The van der Waals surface area contributed by atoms with E-state index in [1.54, 1.807) is 45.9 Å². The largest absolute Gasteiger partial charge is 0.466 e. The highest BCUT2D eigenvalue weighted by Crippen LogP contribution is 2.27. The average molecular weight is 537 g/mol. The van der Waals surface area contributed by atoms with Crippen LogP contribution in [0.1, 0.15) is 39.7 Å². The van der Waals surface area contributed by atoms with Crippen LogP contribution in [0.2, 0.25) is 5.02 Å². The van der Waals surface area contributed by atoms with Crippen LogP contribution < -0.4 is 5.32 Å². The number of carbonyl (C=O) groups is 2. The number of aliphatic hydroxyl groups excluding tert-OH is 1. The summed E-state index contributed by atoms with van der Waals surface area (Å²) in [5.41, 5.74) is 1.28. The predicted octanol–water partition coefficient (Wildman–Crippen LogP) is 5.08. The summed E-state index contributed by atoms with van der Waals surface area (Å²) in [6.07, 6.45) is 0.136. The van der Waals surface area contributed by atoms with Crippen molar-refractivity contribution in [1.82, 2.24) is 10.2 Å². The zero-order valence-electron chi connectivity index (χ0n) is 22.2. The van der Waals surface area contributed by atoms with Crippen LogP contribution in [0, 0.1) is 11.7 Å². The minimum absolute atomic E-state index is 0.0365. The summed E-state index contributed by atoms with van der Waals surface area (Å²) in [6.45, 7) is 8.05. The molecule has 2 rings (SSSR count). The first-order valence-electron chi connectivity index (χ1n) is 12.4. The maximum atomic E-state index is 14.3. The second-order valence-electron chi connectivity index (χ2n) is 10.0. The van der Waals surface area contributed by atoms with Crippen molar-refractivity contribution in [2.45, 2.75) is 52.2 Å². The van der Waals surface area contributed by atoms with E-state index in [2.05, 4.69) is 5.32 Å². The van der Waals surface area contributed by atoms with Crippen molar-refractivity contribution in [3.63, 3.8) is 0 Å². The van der Waals surface area contributed by atoms with Gasteiger partial charge in [0.2, 0.25) is 0 Å². The molecular formula is C28H38ClFN2O5. The van der Waals surface area contributed by atoms with Gasteiger partial charge in [0.25, 0.3) is 0 Å². The smallest absolute Gasteiger partial charge is 0.407 e. The van der Waals surface area contributed by atoms with E-state index in [1.807, 2.05) is 24.1 Å². The lowest BCUT2D eigenvalue weighted by molar-refractivity contribution is -0.149. The molecule has 7 nitrogen and oxygen atoms in total. The monoisotopic (exact) mass is 536 g/mol. The maximum absolute atomic E-state index is 14.3. The van der Waals surface area contributed by atoms with Gasteiger partial charge in [-0.2, -0.15) is 0 Å². The first-order chi connectivity index (χ1) is 17.4. The molecule has 9 heteroatoms. The summed E-state index contributed by atoms with van der Waals surface area (Å²) < 4.78 is 25.0. The van der Waals surface area contributed by atoms with E-state index < -0.39 is 23.7 Å². The molecule has 2 aromatic rings. The molecule has 37 heavy (non-hydrogen) atoms. The van der Waals surface area contributed by atoms with Gasteiger partial charge in [-0.3, -0.25) is 4.79 Å². The van der Waals surface area contributed by atoms with Crippen molar-refractivity contribution in [2.24, 2.45) is 5.92 Å². The van der Waals surface area contributed by atoms with Crippen molar-refractivity contribution >= 4 is 23.7 Å². The number of ether oxygens (including phenoxy) is 2. The van der Waals surface area contributed by atoms with Crippen molar-refractivity contribution in [3.8, 4) is 11.1 Å². The van der Waals surface area contributed by atoms with Gasteiger partial charge in [-0.05, 0) is 76.9 Å². The lowest BCUT2D eigenvalue weighted by Gasteiger charge is -2.28. The molecule has 0 aliphatic carbocycles. The van der Waals surface area contributed by atoms with Crippen LogP contribution in [0.3, 0.4) is 0 Å². The number of alkyl carbamates (subject to hydrolysis) is 1. The Labute approximate surface area is 223 Å². The van der Waals surface area contributed by atoms with Crippen molar-refractivity contribution in [1.29, 1.82) is 0 Å². The van der Waals surface area contributed by atoms with Gasteiger partial charge in [0.15, 0.2) is 0 Å². The summed E-state index contributed by atoms with van der Waals surface area (Å²) in [5, 5.41) is 12.6. The maximum Gasteiger partial charge on any atom is 0.407 e. The fourth-order valence-electron chi connectivity index (χ4n) is 3.98. The molecule has 2 unspecified atom stereocenters. The molecular weight excluding hydrogens is 499 g/mol. The van der Waals surface area contributed by atoms with E-state index in [4.69, 9.17) is 21.1 Å². The number of halogens is 2. The van der Waals surface area contributed by atoms with Crippen LogP contribution in [0.5, 0.6) is 0 Å². The fourth-order valence-corrected chi connectivity index (χ4v) is 4.15. The van der Waals surface area contributed by atoms with Crippen LogP contribution in [-0.2, 0) is 20.7 Å². The van der Waals surface area contributed by atoms with Gasteiger partial charge in [-0.1, -0.05) is 35.9 Å². The number of rotatable bonds is 12. The number of hydrogen-bond donors (Lipinski definition) is 2. The van der Waals surface area contributed by atoms with Gasteiger partial charge < -0.3 is 24.8 Å². The van der Waals surface area contributed by atoms with Gasteiger partial charge in [-0.25, -0.2) is 9.18 Å². The minimum atomic E-state index is -0.681. The second-order valence-corrected chi connectivity index (χ2v) is 10.5. The van der Waals surface area contributed by atoms with E-state index in [1.165, 1.54) is 12.1 Å². The standard InChI is InChI=1S/C28H38ClFN2O5/c1-6-36-26(34)21(18-32(5)13-14-33)16-23(31-27(35)37-28(2,3)4)15-19-7-9-20(10-8-19)24-17-22(29)11-12-25(24)30/h7-12,17,21,23,33H,6,13-16,18H2,1-5H3,(H,31,35). The molecule has 0 radical (unpaired) electrons. The Bertz CT molecular complexity index is 1030. The summed E-state index contributed by atoms with van der Waals surface area (Å²) in [5.74, 6) is -1.27. The Morgan fingerprint density at radius 3 is 2.43 bits per heavy atom. The summed E-state index contributed by atoms with van der Waals surface area (Å²) in [7, 11) is 1.81. The second kappa shape index (κ2) is 14.3. The van der Waals surface area contributed by atoms with Crippen LogP contribution in [0.25, 0.3) is 11.1 Å². The molecule has 2 N–H and O–H groups in total. The first-order valence-corrected chi connectivity index (χ1v) is 12.8. The van der Waals surface area contributed by atoms with Gasteiger partial charge >= 0.3 is 12.1 Å².